The van der Waals surface area contributed by atoms with Crippen LogP contribution in [-0.4, -0.2) is 25.1 Å². The number of nitro benzene ring substituents is 1. The van der Waals surface area contributed by atoms with Gasteiger partial charge in [0.05, 0.1) is 15.8 Å². The lowest BCUT2D eigenvalue weighted by molar-refractivity contribution is -0.384. The fourth-order valence-corrected chi connectivity index (χ4v) is 2.71. The average molecular weight is 335 g/mol. The first-order valence-corrected chi connectivity index (χ1v) is 7.49. The SMILES string of the molecule is CCCC(C(=O)O)n1c(=O)c2cc([N+](=O)[O-])ccc2n(CC)c1=O. The zero-order valence-corrected chi connectivity index (χ0v) is 13.3. The van der Waals surface area contributed by atoms with Gasteiger partial charge in [-0.2, -0.15) is 0 Å². The van der Waals surface area contributed by atoms with Crippen molar-refractivity contribution in [2.24, 2.45) is 0 Å². The molecule has 9 heteroatoms. The van der Waals surface area contributed by atoms with Gasteiger partial charge in [-0.3, -0.25) is 19.5 Å². The number of carboxylic acids is 1. The highest BCUT2D eigenvalue weighted by molar-refractivity contribution is 5.81. The molecule has 1 atom stereocenters. The summed E-state index contributed by atoms with van der Waals surface area (Å²) in [6, 6.07) is 2.31. The van der Waals surface area contributed by atoms with Crippen molar-refractivity contribution >= 4 is 22.6 Å². The van der Waals surface area contributed by atoms with Gasteiger partial charge in [0.1, 0.15) is 6.04 Å². The molecule has 0 fully saturated rings. The van der Waals surface area contributed by atoms with E-state index in [2.05, 4.69) is 0 Å². The molecular weight excluding hydrogens is 318 g/mol. The minimum absolute atomic E-state index is 0.0481. The lowest BCUT2D eigenvalue weighted by Crippen LogP contribution is -2.44. The van der Waals surface area contributed by atoms with E-state index < -0.39 is 28.2 Å². The van der Waals surface area contributed by atoms with Crippen LogP contribution in [0.25, 0.3) is 10.9 Å². The van der Waals surface area contributed by atoms with E-state index in [1.54, 1.807) is 13.8 Å². The molecule has 0 spiro atoms. The molecule has 0 amide bonds. The second-order valence-corrected chi connectivity index (χ2v) is 5.30. The Morgan fingerprint density at radius 2 is 2.00 bits per heavy atom. The van der Waals surface area contributed by atoms with Crippen molar-refractivity contribution in [1.82, 2.24) is 9.13 Å². The molecule has 0 aliphatic rings. The monoisotopic (exact) mass is 335 g/mol. The number of nitro groups is 1. The van der Waals surface area contributed by atoms with E-state index in [0.717, 1.165) is 6.07 Å². The van der Waals surface area contributed by atoms with Gasteiger partial charge in [0.25, 0.3) is 11.2 Å². The highest BCUT2D eigenvalue weighted by Gasteiger charge is 2.25. The molecule has 128 valence electrons. The van der Waals surface area contributed by atoms with Crippen LogP contribution >= 0.6 is 0 Å². The number of fused-ring (bicyclic) bond motifs is 1. The third-order valence-corrected chi connectivity index (χ3v) is 3.84. The van der Waals surface area contributed by atoms with Crippen molar-refractivity contribution in [2.75, 3.05) is 0 Å². The molecule has 1 aromatic carbocycles. The summed E-state index contributed by atoms with van der Waals surface area (Å²) < 4.78 is 1.92. The number of aliphatic carboxylic acids is 1. The van der Waals surface area contributed by atoms with Crippen LogP contribution in [-0.2, 0) is 11.3 Å². The van der Waals surface area contributed by atoms with Gasteiger partial charge in [-0.1, -0.05) is 13.3 Å². The molecule has 9 nitrogen and oxygen atoms in total. The molecule has 2 aromatic rings. The summed E-state index contributed by atoms with van der Waals surface area (Å²) >= 11 is 0. The van der Waals surface area contributed by atoms with Crippen LogP contribution in [0.15, 0.2) is 27.8 Å². The summed E-state index contributed by atoms with van der Waals surface area (Å²) in [5.74, 6) is -1.29. The Morgan fingerprint density at radius 3 is 2.50 bits per heavy atom. The van der Waals surface area contributed by atoms with E-state index in [4.69, 9.17) is 0 Å². The first kappa shape index (κ1) is 17.4. The lowest BCUT2D eigenvalue weighted by Gasteiger charge is -2.17. The largest absolute Gasteiger partial charge is 0.480 e. The molecule has 24 heavy (non-hydrogen) atoms. The Hall–Kier alpha value is -2.97. The molecule has 1 unspecified atom stereocenters. The van der Waals surface area contributed by atoms with E-state index in [1.165, 1.54) is 16.7 Å². The van der Waals surface area contributed by atoms with Gasteiger partial charge in [-0.05, 0) is 19.4 Å². The maximum atomic E-state index is 12.7. The highest BCUT2D eigenvalue weighted by atomic mass is 16.6. The number of non-ortho nitro benzene ring substituents is 1. The zero-order chi connectivity index (χ0) is 18.0. The highest BCUT2D eigenvalue weighted by Crippen LogP contribution is 2.19. The Balaban J connectivity index is 2.95. The molecule has 0 aliphatic carbocycles. The van der Waals surface area contributed by atoms with Crippen molar-refractivity contribution in [3.05, 3.63) is 49.2 Å². The van der Waals surface area contributed by atoms with Gasteiger partial charge in [-0.15, -0.1) is 0 Å². The number of rotatable bonds is 6. The second-order valence-electron chi connectivity index (χ2n) is 5.30. The standard InChI is InChI=1S/C15H17N3O6/c1-3-5-12(14(20)21)17-13(19)10-8-9(18(23)24)6-7-11(10)16(4-2)15(17)22/h6-8,12H,3-5H2,1-2H3,(H,20,21). The number of aromatic nitrogens is 2. The van der Waals surface area contributed by atoms with E-state index in [1.807, 2.05) is 0 Å². The molecule has 1 aromatic heterocycles. The van der Waals surface area contributed by atoms with Gasteiger partial charge in [-0.25, -0.2) is 14.2 Å². The fraction of sp³-hybridized carbons (Fsp3) is 0.400. The predicted molar refractivity (Wildman–Crippen MR) is 86.4 cm³/mol. The Kier molecular flexibility index (Phi) is 4.82. The van der Waals surface area contributed by atoms with E-state index in [9.17, 15) is 29.6 Å². The van der Waals surface area contributed by atoms with E-state index >= 15 is 0 Å². The molecule has 1 N–H and O–H groups in total. The van der Waals surface area contributed by atoms with Crippen molar-refractivity contribution in [2.45, 2.75) is 39.3 Å². The molecule has 0 bridgehead atoms. The third-order valence-electron chi connectivity index (χ3n) is 3.84. The number of hydrogen-bond acceptors (Lipinski definition) is 5. The molecule has 0 radical (unpaired) electrons. The van der Waals surface area contributed by atoms with Crippen LogP contribution in [0.1, 0.15) is 32.7 Å². The number of nitrogens with zero attached hydrogens (tertiary/aromatic N) is 3. The summed E-state index contributed by atoms with van der Waals surface area (Å²) in [4.78, 5) is 47.1. The maximum absolute atomic E-state index is 12.7. The first-order valence-electron chi connectivity index (χ1n) is 7.49. The van der Waals surface area contributed by atoms with Gasteiger partial charge < -0.3 is 5.11 Å². The van der Waals surface area contributed by atoms with Crippen LogP contribution in [0.5, 0.6) is 0 Å². The minimum Gasteiger partial charge on any atom is -0.480 e. The summed E-state index contributed by atoms with van der Waals surface area (Å²) in [6.45, 7) is 3.61. The molecule has 1 heterocycles. The summed E-state index contributed by atoms with van der Waals surface area (Å²) in [5.41, 5.74) is -1.61. The number of aryl methyl sites for hydroxylation is 1. The fourth-order valence-electron chi connectivity index (χ4n) is 2.71. The minimum atomic E-state index is -1.31. The molecule has 0 aliphatic heterocycles. The first-order chi connectivity index (χ1) is 11.3. The van der Waals surface area contributed by atoms with Gasteiger partial charge in [0, 0.05) is 18.7 Å². The number of carboxylic acid groups (broad SMARTS) is 1. The summed E-state index contributed by atoms with van der Waals surface area (Å²) in [7, 11) is 0. The molecular formula is C15H17N3O6. The summed E-state index contributed by atoms with van der Waals surface area (Å²) in [5, 5.41) is 20.3. The van der Waals surface area contributed by atoms with Gasteiger partial charge in [0.2, 0.25) is 0 Å². The summed E-state index contributed by atoms with van der Waals surface area (Å²) in [6.07, 6.45) is 0.566. The number of hydrogen-bond donors (Lipinski definition) is 1. The third kappa shape index (κ3) is 2.80. The van der Waals surface area contributed by atoms with Gasteiger partial charge >= 0.3 is 11.7 Å². The molecule has 2 rings (SSSR count). The normalized spacial score (nSPS) is 12.2. The number of benzene rings is 1. The maximum Gasteiger partial charge on any atom is 0.332 e. The Bertz CT molecular complexity index is 927. The van der Waals surface area contributed by atoms with Crippen molar-refractivity contribution in [1.29, 1.82) is 0 Å². The molecule has 0 saturated heterocycles. The second kappa shape index (κ2) is 6.65. The van der Waals surface area contributed by atoms with Gasteiger partial charge in [0.15, 0.2) is 0 Å². The van der Waals surface area contributed by atoms with Crippen LogP contribution in [0.2, 0.25) is 0 Å². The average Bonchev–Trinajstić information content (AvgIpc) is 2.54. The predicted octanol–water partition coefficient (Wildman–Crippen LogP) is 1.52. The van der Waals surface area contributed by atoms with Crippen LogP contribution < -0.4 is 11.2 Å². The Morgan fingerprint density at radius 1 is 1.33 bits per heavy atom. The molecule has 0 saturated carbocycles. The van der Waals surface area contributed by atoms with Crippen LogP contribution in [0.4, 0.5) is 5.69 Å². The topological polar surface area (TPSA) is 124 Å². The quantitative estimate of drug-likeness (QED) is 0.630. The van der Waals surface area contributed by atoms with Crippen LogP contribution in [0, 0.1) is 10.1 Å². The number of carbonyl (C=O) groups is 1. The van der Waals surface area contributed by atoms with E-state index in [-0.39, 0.29) is 29.6 Å². The zero-order valence-electron chi connectivity index (χ0n) is 13.3. The van der Waals surface area contributed by atoms with Crippen molar-refractivity contribution in [3.8, 4) is 0 Å². The van der Waals surface area contributed by atoms with Crippen molar-refractivity contribution in [3.63, 3.8) is 0 Å². The van der Waals surface area contributed by atoms with E-state index in [0.29, 0.717) is 11.0 Å². The lowest BCUT2D eigenvalue weighted by atomic mass is 10.1. The Labute approximate surface area is 135 Å². The van der Waals surface area contributed by atoms with Crippen molar-refractivity contribution < 1.29 is 14.8 Å². The van der Waals surface area contributed by atoms with Crippen LogP contribution in [0.3, 0.4) is 0 Å². The smallest absolute Gasteiger partial charge is 0.332 e.